The van der Waals surface area contributed by atoms with Gasteiger partial charge in [-0.3, -0.25) is 14.2 Å². The van der Waals surface area contributed by atoms with Gasteiger partial charge in [0.05, 0.1) is 17.0 Å². The van der Waals surface area contributed by atoms with Gasteiger partial charge in [0.15, 0.2) is 0 Å². The Morgan fingerprint density at radius 1 is 1.22 bits per heavy atom. The van der Waals surface area contributed by atoms with Crippen LogP contribution in [0.3, 0.4) is 0 Å². The van der Waals surface area contributed by atoms with Gasteiger partial charge in [0.1, 0.15) is 6.54 Å². The van der Waals surface area contributed by atoms with Gasteiger partial charge in [-0.1, -0.05) is 12.1 Å². The van der Waals surface area contributed by atoms with Crippen molar-refractivity contribution in [2.24, 2.45) is 5.92 Å². The molecule has 0 saturated heterocycles. The van der Waals surface area contributed by atoms with Crippen LogP contribution in [0.1, 0.15) is 25.7 Å². The molecule has 7 heteroatoms. The number of nitrogens with one attached hydrogen (secondary N) is 2. The highest BCUT2D eigenvalue weighted by atomic mass is 16.4. The zero-order valence-electron chi connectivity index (χ0n) is 12.6. The highest BCUT2D eigenvalue weighted by Gasteiger charge is 2.26. The smallest absolute Gasteiger partial charge is 0.326 e. The van der Waals surface area contributed by atoms with Crippen LogP contribution in [-0.2, 0) is 16.1 Å². The van der Waals surface area contributed by atoms with Crippen molar-refractivity contribution in [2.45, 2.75) is 38.3 Å². The van der Waals surface area contributed by atoms with E-state index in [-0.39, 0.29) is 30.1 Å². The standard InChI is InChI=1S/C16H19N3O4/c20-14(17-11-7-5-10(6-8-11)15(21)22)9-19-13-4-2-1-3-12(13)18-16(19)23/h1-4,10-11H,5-9H2,(H,17,20)(H,18,23)(H,21,22). The molecule has 1 amide bonds. The first-order valence-electron chi connectivity index (χ1n) is 7.74. The van der Waals surface area contributed by atoms with Gasteiger partial charge < -0.3 is 15.4 Å². The van der Waals surface area contributed by atoms with Gasteiger partial charge in [-0.25, -0.2) is 4.79 Å². The summed E-state index contributed by atoms with van der Waals surface area (Å²) in [6.07, 6.45) is 2.47. The lowest BCUT2D eigenvalue weighted by atomic mass is 9.86. The third kappa shape index (κ3) is 3.28. The average molecular weight is 317 g/mol. The molecular weight excluding hydrogens is 298 g/mol. The second-order valence-corrected chi connectivity index (χ2v) is 5.99. The van der Waals surface area contributed by atoms with Crippen LogP contribution < -0.4 is 11.0 Å². The molecule has 0 atom stereocenters. The summed E-state index contributed by atoms with van der Waals surface area (Å²) in [7, 11) is 0. The molecule has 1 fully saturated rings. The molecule has 1 aromatic heterocycles. The van der Waals surface area contributed by atoms with Crippen LogP contribution >= 0.6 is 0 Å². The number of aromatic nitrogens is 2. The van der Waals surface area contributed by atoms with Crippen molar-refractivity contribution in [1.82, 2.24) is 14.9 Å². The quantitative estimate of drug-likeness (QED) is 0.785. The van der Waals surface area contributed by atoms with Gasteiger partial charge in [-0.15, -0.1) is 0 Å². The lowest BCUT2D eigenvalue weighted by Gasteiger charge is -2.26. The number of H-pyrrole nitrogens is 1. The number of fused-ring (bicyclic) bond motifs is 1. The van der Waals surface area contributed by atoms with E-state index in [2.05, 4.69) is 10.3 Å². The molecule has 3 rings (SSSR count). The minimum atomic E-state index is -0.764. The molecule has 1 heterocycles. The number of para-hydroxylation sites is 2. The van der Waals surface area contributed by atoms with Crippen LogP contribution in [0.2, 0.25) is 0 Å². The first-order chi connectivity index (χ1) is 11.0. The fourth-order valence-electron chi connectivity index (χ4n) is 3.17. The Balaban J connectivity index is 1.62. The zero-order chi connectivity index (χ0) is 16.4. The summed E-state index contributed by atoms with van der Waals surface area (Å²) in [5.74, 6) is -1.30. The normalized spacial score (nSPS) is 21.2. The maximum absolute atomic E-state index is 12.2. The molecule has 0 spiro atoms. The molecule has 122 valence electrons. The molecule has 23 heavy (non-hydrogen) atoms. The number of aliphatic carboxylic acids is 1. The SMILES string of the molecule is O=C(Cn1c(=O)[nH]c2ccccc21)NC1CCC(C(=O)O)CC1. The number of amides is 1. The van der Waals surface area contributed by atoms with Crippen LogP contribution in [0.15, 0.2) is 29.1 Å². The number of nitrogens with zero attached hydrogens (tertiary/aromatic N) is 1. The van der Waals surface area contributed by atoms with Crippen molar-refractivity contribution in [3.8, 4) is 0 Å². The summed E-state index contributed by atoms with van der Waals surface area (Å²) in [6.45, 7) is -0.0400. The van der Waals surface area contributed by atoms with E-state index in [1.807, 2.05) is 12.1 Å². The Labute approximate surface area is 132 Å². The summed E-state index contributed by atoms with van der Waals surface area (Å²) in [5.41, 5.74) is 1.09. The average Bonchev–Trinajstić information content (AvgIpc) is 2.84. The van der Waals surface area contributed by atoms with Gasteiger partial charge in [-0.05, 0) is 37.8 Å². The fraction of sp³-hybridized carbons (Fsp3) is 0.438. The first-order valence-corrected chi connectivity index (χ1v) is 7.74. The van der Waals surface area contributed by atoms with Gasteiger partial charge in [0.25, 0.3) is 0 Å². The summed E-state index contributed by atoms with van der Waals surface area (Å²) in [6, 6.07) is 7.21. The highest BCUT2D eigenvalue weighted by Crippen LogP contribution is 2.24. The number of benzene rings is 1. The number of carbonyl (C=O) groups is 2. The van der Waals surface area contributed by atoms with Crippen molar-refractivity contribution >= 4 is 22.9 Å². The molecule has 0 unspecified atom stereocenters. The van der Waals surface area contributed by atoms with E-state index in [1.165, 1.54) is 4.57 Å². The van der Waals surface area contributed by atoms with Crippen LogP contribution in [0.25, 0.3) is 11.0 Å². The Morgan fingerprint density at radius 2 is 1.91 bits per heavy atom. The number of aromatic amines is 1. The maximum atomic E-state index is 12.2. The summed E-state index contributed by atoms with van der Waals surface area (Å²) in [5, 5.41) is 11.9. The van der Waals surface area contributed by atoms with Crippen molar-refractivity contribution in [3.05, 3.63) is 34.7 Å². The summed E-state index contributed by atoms with van der Waals surface area (Å²) >= 11 is 0. The molecule has 0 aliphatic heterocycles. The van der Waals surface area contributed by atoms with Gasteiger partial charge >= 0.3 is 11.7 Å². The minimum Gasteiger partial charge on any atom is -0.481 e. The zero-order valence-corrected chi connectivity index (χ0v) is 12.6. The topological polar surface area (TPSA) is 104 Å². The van der Waals surface area contributed by atoms with Crippen molar-refractivity contribution in [2.75, 3.05) is 0 Å². The molecule has 2 aromatic rings. The van der Waals surface area contributed by atoms with E-state index in [0.29, 0.717) is 36.7 Å². The van der Waals surface area contributed by atoms with Crippen molar-refractivity contribution in [1.29, 1.82) is 0 Å². The molecule has 1 aliphatic rings. The summed E-state index contributed by atoms with van der Waals surface area (Å²) in [4.78, 5) is 37.8. The van der Waals surface area contributed by atoms with Crippen LogP contribution in [-0.4, -0.2) is 32.6 Å². The molecule has 1 aliphatic carbocycles. The monoisotopic (exact) mass is 317 g/mol. The minimum absolute atomic E-state index is 0.0148. The van der Waals surface area contributed by atoms with E-state index in [0.717, 1.165) is 0 Å². The molecule has 1 aromatic carbocycles. The van der Waals surface area contributed by atoms with Crippen molar-refractivity contribution < 1.29 is 14.7 Å². The first kappa shape index (κ1) is 15.3. The van der Waals surface area contributed by atoms with E-state index in [1.54, 1.807) is 12.1 Å². The Kier molecular flexibility index (Phi) is 4.18. The third-order valence-corrected chi connectivity index (χ3v) is 4.42. The lowest BCUT2D eigenvalue weighted by Crippen LogP contribution is -2.41. The second-order valence-electron chi connectivity index (χ2n) is 5.99. The predicted molar refractivity (Wildman–Crippen MR) is 84.1 cm³/mol. The number of carboxylic acids is 1. The van der Waals surface area contributed by atoms with Crippen LogP contribution in [0.4, 0.5) is 0 Å². The molecule has 7 nitrogen and oxygen atoms in total. The molecular formula is C16H19N3O4. The number of rotatable bonds is 4. The molecule has 1 saturated carbocycles. The van der Waals surface area contributed by atoms with E-state index in [9.17, 15) is 14.4 Å². The molecule has 0 bridgehead atoms. The van der Waals surface area contributed by atoms with Gasteiger partial charge in [0, 0.05) is 6.04 Å². The van der Waals surface area contributed by atoms with E-state index >= 15 is 0 Å². The Bertz CT molecular complexity index is 784. The number of hydrogen-bond donors (Lipinski definition) is 3. The maximum Gasteiger partial charge on any atom is 0.326 e. The highest BCUT2D eigenvalue weighted by molar-refractivity contribution is 5.80. The number of imidazole rings is 1. The fourth-order valence-corrected chi connectivity index (χ4v) is 3.17. The molecule has 0 radical (unpaired) electrons. The Hall–Kier alpha value is -2.57. The molecule has 3 N–H and O–H groups in total. The number of hydrogen-bond acceptors (Lipinski definition) is 3. The Morgan fingerprint density at radius 3 is 2.61 bits per heavy atom. The van der Waals surface area contributed by atoms with Crippen molar-refractivity contribution in [3.63, 3.8) is 0 Å². The van der Waals surface area contributed by atoms with E-state index < -0.39 is 5.97 Å². The van der Waals surface area contributed by atoms with E-state index in [4.69, 9.17) is 5.11 Å². The largest absolute Gasteiger partial charge is 0.481 e. The number of carboxylic acid groups (broad SMARTS) is 1. The lowest BCUT2D eigenvalue weighted by molar-refractivity contribution is -0.142. The van der Waals surface area contributed by atoms with Crippen LogP contribution in [0, 0.1) is 5.92 Å². The second kappa shape index (κ2) is 6.28. The van der Waals surface area contributed by atoms with Crippen LogP contribution in [0.5, 0.6) is 0 Å². The van der Waals surface area contributed by atoms with Gasteiger partial charge in [-0.2, -0.15) is 0 Å². The summed E-state index contributed by atoms with van der Waals surface area (Å²) < 4.78 is 1.41. The predicted octanol–water partition coefficient (Wildman–Crippen LogP) is 1.09. The third-order valence-electron chi connectivity index (χ3n) is 4.42. The number of carbonyl (C=O) groups excluding carboxylic acids is 1. The van der Waals surface area contributed by atoms with Gasteiger partial charge in [0.2, 0.25) is 5.91 Å².